The maximum absolute atomic E-state index is 12.2. The lowest BCUT2D eigenvalue weighted by atomic mass is 10.2. The number of nitrogens with one attached hydrogen (secondary N) is 1. The minimum Gasteiger partial charge on any atom is -0.494 e. The van der Waals surface area contributed by atoms with Crippen molar-refractivity contribution in [1.82, 2.24) is 9.80 Å². The summed E-state index contributed by atoms with van der Waals surface area (Å²) in [5, 5.41) is 3.45. The van der Waals surface area contributed by atoms with E-state index in [9.17, 15) is 4.79 Å². The van der Waals surface area contributed by atoms with Crippen molar-refractivity contribution in [2.24, 2.45) is 0 Å². The van der Waals surface area contributed by atoms with Gasteiger partial charge < -0.3 is 15.0 Å². The van der Waals surface area contributed by atoms with Gasteiger partial charge in [0.25, 0.3) is 0 Å². The molecule has 1 fully saturated rings. The number of hydrogen-bond acceptors (Lipinski definition) is 4. The standard InChI is InChI=1S/C22H28ClN3O2/c1-18-6-4-7-19(16-18)28-15-5-10-25-11-13-26(14-12-25)17-22(27)24-21-9-3-2-8-20(21)23/h2-4,6-9,16H,5,10-15,17H2,1H3,(H,24,27). The molecule has 0 radical (unpaired) electrons. The Bertz CT molecular complexity index is 776. The maximum atomic E-state index is 12.2. The maximum Gasteiger partial charge on any atom is 0.238 e. The van der Waals surface area contributed by atoms with E-state index in [-0.39, 0.29) is 5.91 Å². The summed E-state index contributed by atoms with van der Waals surface area (Å²) < 4.78 is 5.82. The van der Waals surface area contributed by atoms with E-state index in [2.05, 4.69) is 34.2 Å². The van der Waals surface area contributed by atoms with E-state index in [1.807, 2.05) is 30.3 Å². The highest BCUT2D eigenvalue weighted by atomic mass is 35.5. The Morgan fingerprint density at radius 1 is 1.07 bits per heavy atom. The van der Waals surface area contributed by atoms with Crippen LogP contribution in [0.25, 0.3) is 0 Å². The Hall–Kier alpha value is -2.08. The SMILES string of the molecule is Cc1cccc(OCCCN2CCN(CC(=O)Nc3ccccc3Cl)CC2)c1. The quantitative estimate of drug-likeness (QED) is 0.685. The fourth-order valence-electron chi connectivity index (χ4n) is 3.31. The first-order valence-corrected chi connectivity index (χ1v) is 10.2. The van der Waals surface area contributed by atoms with Gasteiger partial charge in [0.05, 0.1) is 23.9 Å². The zero-order chi connectivity index (χ0) is 19.8. The molecule has 0 atom stereocenters. The summed E-state index contributed by atoms with van der Waals surface area (Å²) in [7, 11) is 0. The van der Waals surface area contributed by atoms with Gasteiger partial charge in [-0.2, -0.15) is 0 Å². The van der Waals surface area contributed by atoms with Crippen molar-refractivity contribution in [2.75, 3.05) is 51.2 Å². The number of carbonyl (C=O) groups is 1. The molecule has 0 saturated carbocycles. The molecule has 1 heterocycles. The molecule has 0 spiro atoms. The number of piperazine rings is 1. The number of aryl methyl sites for hydroxylation is 1. The number of ether oxygens (including phenoxy) is 1. The molecule has 1 aliphatic rings. The van der Waals surface area contributed by atoms with Gasteiger partial charge in [-0.05, 0) is 43.2 Å². The van der Waals surface area contributed by atoms with Crippen molar-refractivity contribution in [3.05, 3.63) is 59.1 Å². The van der Waals surface area contributed by atoms with Gasteiger partial charge in [0.1, 0.15) is 5.75 Å². The van der Waals surface area contributed by atoms with Crippen molar-refractivity contribution >= 4 is 23.2 Å². The van der Waals surface area contributed by atoms with Crippen LogP contribution in [0.15, 0.2) is 48.5 Å². The van der Waals surface area contributed by atoms with Crippen molar-refractivity contribution in [2.45, 2.75) is 13.3 Å². The second kappa shape index (κ2) is 10.5. The molecule has 1 aliphatic heterocycles. The molecular weight excluding hydrogens is 374 g/mol. The fourth-order valence-corrected chi connectivity index (χ4v) is 3.49. The number of hydrogen-bond donors (Lipinski definition) is 1. The van der Waals surface area contributed by atoms with Gasteiger partial charge in [-0.15, -0.1) is 0 Å². The average Bonchev–Trinajstić information content (AvgIpc) is 2.68. The van der Waals surface area contributed by atoms with Crippen LogP contribution in [-0.4, -0.2) is 61.6 Å². The molecule has 1 saturated heterocycles. The van der Waals surface area contributed by atoms with Gasteiger partial charge in [-0.3, -0.25) is 9.69 Å². The van der Waals surface area contributed by atoms with Crippen LogP contribution >= 0.6 is 11.6 Å². The van der Waals surface area contributed by atoms with Crippen molar-refractivity contribution in [3.63, 3.8) is 0 Å². The number of nitrogens with zero attached hydrogens (tertiary/aromatic N) is 2. The van der Waals surface area contributed by atoms with Gasteiger partial charge in [0.15, 0.2) is 0 Å². The Morgan fingerprint density at radius 2 is 1.82 bits per heavy atom. The summed E-state index contributed by atoms with van der Waals surface area (Å²) in [6, 6.07) is 15.5. The van der Waals surface area contributed by atoms with E-state index in [1.54, 1.807) is 6.07 Å². The molecule has 2 aromatic carbocycles. The first kappa shape index (κ1) is 20.6. The number of anilines is 1. The summed E-state index contributed by atoms with van der Waals surface area (Å²) in [5.74, 6) is 0.919. The number of benzene rings is 2. The molecule has 28 heavy (non-hydrogen) atoms. The minimum atomic E-state index is -0.0203. The summed E-state index contributed by atoms with van der Waals surface area (Å²) in [6.07, 6.45) is 1.00. The smallest absolute Gasteiger partial charge is 0.238 e. The molecular formula is C22H28ClN3O2. The Balaban J connectivity index is 1.31. The number of halogens is 1. The third-order valence-corrected chi connectivity index (χ3v) is 5.19. The van der Waals surface area contributed by atoms with Gasteiger partial charge in [-0.1, -0.05) is 35.9 Å². The molecule has 1 N–H and O–H groups in total. The largest absolute Gasteiger partial charge is 0.494 e. The number of amides is 1. The molecule has 1 amide bonds. The van der Waals surface area contributed by atoms with Crippen molar-refractivity contribution in [1.29, 1.82) is 0 Å². The molecule has 0 aromatic heterocycles. The van der Waals surface area contributed by atoms with Crippen LogP contribution in [0.1, 0.15) is 12.0 Å². The Labute approximate surface area is 172 Å². The lowest BCUT2D eigenvalue weighted by molar-refractivity contribution is -0.117. The highest BCUT2D eigenvalue weighted by Gasteiger charge is 2.19. The van der Waals surface area contributed by atoms with Crippen LogP contribution in [-0.2, 0) is 4.79 Å². The van der Waals surface area contributed by atoms with Crippen LogP contribution in [0, 0.1) is 6.92 Å². The molecule has 5 nitrogen and oxygen atoms in total. The number of rotatable bonds is 8. The van der Waals surface area contributed by atoms with E-state index >= 15 is 0 Å². The number of carbonyl (C=O) groups excluding carboxylic acids is 1. The molecule has 0 unspecified atom stereocenters. The van der Waals surface area contributed by atoms with Crippen molar-refractivity contribution < 1.29 is 9.53 Å². The molecule has 0 aliphatic carbocycles. The van der Waals surface area contributed by atoms with Crippen LogP contribution in [0.3, 0.4) is 0 Å². The molecule has 2 aromatic rings. The highest BCUT2D eigenvalue weighted by molar-refractivity contribution is 6.33. The third kappa shape index (κ3) is 6.51. The topological polar surface area (TPSA) is 44.8 Å². The lowest BCUT2D eigenvalue weighted by Gasteiger charge is -2.34. The Kier molecular flexibility index (Phi) is 7.71. The summed E-state index contributed by atoms with van der Waals surface area (Å²) in [6.45, 7) is 7.96. The van der Waals surface area contributed by atoms with Gasteiger partial charge in [0, 0.05) is 32.7 Å². The van der Waals surface area contributed by atoms with Crippen LogP contribution < -0.4 is 10.1 Å². The normalized spacial score (nSPS) is 15.4. The summed E-state index contributed by atoms with van der Waals surface area (Å²) in [4.78, 5) is 16.9. The van der Waals surface area contributed by atoms with Crippen molar-refractivity contribution in [3.8, 4) is 5.75 Å². The third-order valence-electron chi connectivity index (χ3n) is 4.86. The van der Waals surface area contributed by atoms with Gasteiger partial charge in [-0.25, -0.2) is 0 Å². The highest BCUT2D eigenvalue weighted by Crippen LogP contribution is 2.20. The fraction of sp³-hybridized carbons (Fsp3) is 0.409. The van der Waals surface area contributed by atoms with Crippen LogP contribution in [0.4, 0.5) is 5.69 Å². The predicted molar refractivity (Wildman–Crippen MR) is 114 cm³/mol. The molecule has 0 bridgehead atoms. The van der Waals surface area contributed by atoms with E-state index < -0.39 is 0 Å². The first-order chi connectivity index (χ1) is 13.6. The molecule has 150 valence electrons. The second-order valence-corrected chi connectivity index (χ2v) is 7.57. The predicted octanol–water partition coefficient (Wildman–Crippen LogP) is 3.67. The zero-order valence-electron chi connectivity index (χ0n) is 16.4. The summed E-state index contributed by atoms with van der Waals surface area (Å²) in [5.41, 5.74) is 1.88. The van der Waals surface area contributed by atoms with E-state index in [1.165, 1.54) is 5.56 Å². The van der Waals surface area contributed by atoms with Crippen LogP contribution in [0.5, 0.6) is 5.75 Å². The lowest BCUT2D eigenvalue weighted by Crippen LogP contribution is -2.48. The molecule has 6 heteroatoms. The first-order valence-electron chi connectivity index (χ1n) is 9.79. The second-order valence-electron chi connectivity index (χ2n) is 7.16. The minimum absolute atomic E-state index is 0.0203. The van der Waals surface area contributed by atoms with Gasteiger partial charge in [0.2, 0.25) is 5.91 Å². The van der Waals surface area contributed by atoms with E-state index in [4.69, 9.17) is 16.3 Å². The average molecular weight is 402 g/mol. The monoisotopic (exact) mass is 401 g/mol. The molecule has 3 rings (SSSR count). The summed E-state index contributed by atoms with van der Waals surface area (Å²) >= 11 is 6.09. The van der Waals surface area contributed by atoms with Crippen LogP contribution in [0.2, 0.25) is 5.02 Å². The van der Waals surface area contributed by atoms with Gasteiger partial charge >= 0.3 is 0 Å². The van der Waals surface area contributed by atoms with E-state index in [0.29, 0.717) is 17.3 Å². The zero-order valence-corrected chi connectivity index (χ0v) is 17.1. The number of para-hydroxylation sites is 1. The Morgan fingerprint density at radius 3 is 2.57 bits per heavy atom. The van der Waals surface area contributed by atoms with E-state index in [0.717, 1.165) is 51.5 Å².